The van der Waals surface area contributed by atoms with Crippen molar-refractivity contribution in [2.45, 2.75) is 37.2 Å². The normalized spacial score (nSPS) is 16.9. The van der Waals surface area contributed by atoms with Gasteiger partial charge in [-0.25, -0.2) is 16.8 Å². The molecule has 1 heterocycles. The smallest absolute Gasteiger partial charge is 0.243 e. The molecule has 1 atom stereocenters. The number of hydrogen-bond donors (Lipinski definition) is 4. The van der Waals surface area contributed by atoms with Crippen LogP contribution in [-0.2, 0) is 26.5 Å². The molecule has 0 bridgehead atoms. The standard InChI is InChI=1S/C23H33N3O6S2/c1-3-17-4-7-20(8-5-17)34(31,32)26-12-10-18(11-13-26)15-24-16-23(28)19-6-9-22(27)21(14-19)25-33(2,29)30/h4-9,14,18,23-25,27-28H,3,10-13,15-16H2,1-2H3/t23-/m0/s1. The molecule has 188 valence electrons. The lowest BCUT2D eigenvalue weighted by Crippen LogP contribution is -2.41. The number of nitrogens with one attached hydrogen (secondary N) is 2. The first kappa shape index (κ1) is 26.4. The largest absolute Gasteiger partial charge is 0.506 e. The molecule has 9 nitrogen and oxygen atoms in total. The maximum atomic E-state index is 12.9. The molecule has 0 amide bonds. The van der Waals surface area contributed by atoms with Gasteiger partial charge in [0.25, 0.3) is 0 Å². The van der Waals surface area contributed by atoms with Crippen LogP contribution < -0.4 is 10.0 Å². The number of rotatable bonds is 10. The van der Waals surface area contributed by atoms with E-state index >= 15 is 0 Å². The molecule has 1 aliphatic heterocycles. The summed E-state index contributed by atoms with van der Waals surface area (Å²) in [5, 5.41) is 23.5. The number of anilines is 1. The van der Waals surface area contributed by atoms with Crippen LogP contribution in [0.2, 0.25) is 0 Å². The second-order valence-corrected chi connectivity index (χ2v) is 12.4. The molecule has 34 heavy (non-hydrogen) atoms. The fourth-order valence-electron chi connectivity index (χ4n) is 3.98. The van der Waals surface area contributed by atoms with Gasteiger partial charge in [-0.15, -0.1) is 0 Å². The summed E-state index contributed by atoms with van der Waals surface area (Å²) in [7, 11) is -7.06. The third-order valence-corrected chi connectivity index (χ3v) is 8.52. The second-order valence-electron chi connectivity index (χ2n) is 8.67. The minimum absolute atomic E-state index is 0.0111. The van der Waals surface area contributed by atoms with E-state index in [1.807, 2.05) is 19.1 Å². The molecular weight excluding hydrogens is 478 g/mol. The lowest BCUT2D eigenvalue weighted by Gasteiger charge is -2.31. The summed E-state index contributed by atoms with van der Waals surface area (Å²) in [6.45, 7) is 3.80. The number of phenols is 1. The van der Waals surface area contributed by atoms with Crippen LogP contribution in [0.4, 0.5) is 5.69 Å². The molecule has 1 fully saturated rings. The van der Waals surface area contributed by atoms with E-state index in [2.05, 4.69) is 10.0 Å². The molecular formula is C23H33N3O6S2. The van der Waals surface area contributed by atoms with Crippen LogP contribution in [0, 0.1) is 5.92 Å². The number of nitrogens with zero attached hydrogens (tertiary/aromatic N) is 1. The first-order chi connectivity index (χ1) is 16.0. The molecule has 0 aliphatic carbocycles. The van der Waals surface area contributed by atoms with Crippen LogP contribution in [0.15, 0.2) is 47.4 Å². The SMILES string of the molecule is CCc1ccc(S(=O)(=O)N2CCC(CNC[C@H](O)c3ccc(O)c(NS(C)(=O)=O)c3)CC2)cc1. The predicted molar refractivity (Wildman–Crippen MR) is 132 cm³/mol. The van der Waals surface area contributed by atoms with Gasteiger partial charge in [-0.1, -0.05) is 25.1 Å². The molecule has 1 aliphatic rings. The van der Waals surface area contributed by atoms with Crippen molar-refractivity contribution in [2.24, 2.45) is 5.92 Å². The summed E-state index contributed by atoms with van der Waals surface area (Å²) >= 11 is 0. The molecule has 0 radical (unpaired) electrons. The van der Waals surface area contributed by atoms with Gasteiger partial charge in [-0.05, 0) is 67.1 Å². The second kappa shape index (κ2) is 11.0. The van der Waals surface area contributed by atoms with Crippen LogP contribution >= 0.6 is 0 Å². The highest BCUT2D eigenvalue weighted by atomic mass is 32.2. The molecule has 2 aromatic carbocycles. The van der Waals surface area contributed by atoms with Crippen molar-refractivity contribution in [1.82, 2.24) is 9.62 Å². The quantitative estimate of drug-likeness (QED) is 0.359. The van der Waals surface area contributed by atoms with Crippen molar-refractivity contribution in [3.8, 4) is 5.75 Å². The minimum Gasteiger partial charge on any atom is -0.506 e. The lowest BCUT2D eigenvalue weighted by molar-refractivity contribution is 0.169. The van der Waals surface area contributed by atoms with Crippen molar-refractivity contribution in [2.75, 3.05) is 37.2 Å². The zero-order valence-corrected chi connectivity index (χ0v) is 21.1. The third kappa shape index (κ3) is 6.92. The highest BCUT2D eigenvalue weighted by Crippen LogP contribution is 2.28. The van der Waals surface area contributed by atoms with Gasteiger partial charge in [0.1, 0.15) is 5.75 Å². The monoisotopic (exact) mass is 511 g/mol. The Bertz CT molecular complexity index is 1180. The number of aryl methyl sites for hydroxylation is 1. The van der Waals surface area contributed by atoms with E-state index < -0.39 is 26.2 Å². The van der Waals surface area contributed by atoms with Crippen molar-refractivity contribution in [3.05, 3.63) is 53.6 Å². The van der Waals surface area contributed by atoms with E-state index in [4.69, 9.17) is 0 Å². The van der Waals surface area contributed by atoms with Crippen LogP contribution in [0.5, 0.6) is 5.75 Å². The topological polar surface area (TPSA) is 136 Å². The van der Waals surface area contributed by atoms with Gasteiger partial charge in [-0.3, -0.25) is 4.72 Å². The highest BCUT2D eigenvalue weighted by molar-refractivity contribution is 7.92. The van der Waals surface area contributed by atoms with Gasteiger partial charge in [0, 0.05) is 19.6 Å². The van der Waals surface area contributed by atoms with E-state index in [0.717, 1.165) is 31.1 Å². The number of aliphatic hydroxyl groups excluding tert-OH is 1. The predicted octanol–water partition coefficient (Wildman–Crippen LogP) is 2.05. The first-order valence-corrected chi connectivity index (χ1v) is 14.6. The average molecular weight is 512 g/mol. The number of phenolic OH excluding ortho intramolecular Hbond substituents is 1. The fourth-order valence-corrected chi connectivity index (χ4v) is 6.02. The van der Waals surface area contributed by atoms with Crippen LogP contribution in [-0.4, -0.2) is 63.8 Å². The van der Waals surface area contributed by atoms with E-state index in [-0.39, 0.29) is 23.9 Å². The Morgan fingerprint density at radius 1 is 1.06 bits per heavy atom. The van der Waals surface area contributed by atoms with Gasteiger partial charge in [0.05, 0.1) is 22.9 Å². The average Bonchev–Trinajstić information content (AvgIpc) is 2.80. The summed E-state index contributed by atoms with van der Waals surface area (Å²) in [4.78, 5) is 0.322. The zero-order valence-electron chi connectivity index (χ0n) is 19.4. The zero-order chi connectivity index (χ0) is 24.9. The Balaban J connectivity index is 1.48. The first-order valence-electron chi connectivity index (χ1n) is 11.3. The van der Waals surface area contributed by atoms with Gasteiger partial charge >= 0.3 is 0 Å². The van der Waals surface area contributed by atoms with Gasteiger partial charge in [0.2, 0.25) is 20.0 Å². The summed E-state index contributed by atoms with van der Waals surface area (Å²) in [5.41, 5.74) is 1.57. The molecule has 0 saturated carbocycles. The molecule has 1 saturated heterocycles. The van der Waals surface area contributed by atoms with Gasteiger partial charge in [-0.2, -0.15) is 4.31 Å². The molecule has 0 aromatic heterocycles. The summed E-state index contributed by atoms with van der Waals surface area (Å²) in [5.74, 6) is 0.0563. The number of aromatic hydroxyl groups is 1. The lowest BCUT2D eigenvalue weighted by atomic mass is 9.98. The maximum absolute atomic E-state index is 12.9. The summed E-state index contributed by atoms with van der Waals surface area (Å²) in [6.07, 6.45) is 2.38. The number of hydrogen-bond acceptors (Lipinski definition) is 7. The molecule has 2 aromatic rings. The molecule has 11 heteroatoms. The van der Waals surface area contributed by atoms with E-state index in [1.165, 1.54) is 22.5 Å². The summed E-state index contributed by atoms with van der Waals surface area (Å²) < 4.78 is 52.4. The van der Waals surface area contributed by atoms with E-state index in [9.17, 15) is 27.0 Å². The van der Waals surface area contributed by atoms with Crippen molar-refractivity contribution >= 4 is 25.7 Å². The number of aliphatic hydroxyl groups is 1. The molecule has 3 rings (SSSR count). The van der Waals surface area contributed by atoms with Crippen LogP contribution in [0.1, 0.15) is 37.0 Å². The van der Waals surface area contributed by atoms with Crippen molar-refractivity contribution < 1.29 is 27.0 Å². The Kier molecular flexibility index (Phi) is 8.58. The minimum atomic E-state index is -3.56. The number of sulfonamides is 2. The Morgan fingerprint density at radius 3 is 2.29 bits per heavy atom. The molecule has 0 spiro atoms. The summed E-state index contributed by atoms with van der Waals surface area (Å²) in [6, 6.07) is 11.3. The molecule has 4 N–H and O–H groups in total. The Morgan fingerprint density at radius 2 is 1.71 bits per heavy atom. The van der Waals surface area contributed by atoms with Crippen LogP contribution in [0.25, 0.3) is 0 Å². The highest BCUT2D eigenvalue weighted by Gasteiger charge is 2.29. The van der Waals surface area contributed by atoms with E-state index in [0.29, 0.717) is 30.1 Å². The van der Waals surface area contributed by atoms with Crippen molar-refractivity contribution in [3.63, 3.8) is 0 Å². The van der Waals surface area contributed by atoms with E-state index in [1.54, 1.807) is 12.1 Å². The Labute approximate surface area is 201 Å². The number of benzene rings is 2. The number of piperidine rings is 1. The Hall–Kier alpha value is -2.18. The maximum Gasteiger partial charge on any atom is 0.243 e. The van der Waals surface area contributed by atoms with Crippen LogP contribution in [0.3, 0.4) is 0 Å². The molecule has 0 unspecified atom stereocenters. The third-order valence-electron chi connectivity index (χ3n) is 6.01. The van der Waals surface area contributed by atoms with Gasteiger partial charge in [0.15, 0.2) is 0 Å². The fraction of sp³-hybridized carbons (Fsp3) is 0.478. The van der Waals surface area contributed by atoms with Crippen molar-refractivity contribution in [1.29, 1.82) is 0 Å². The van der Waals surface area contributed by atoms with Gasteiger partial charge < -0.3 is 15.5 Å².